The summed E-state index contributed by atoms with van der Waals surface area (Å²) in [4.78, 5) is 4.74. The molecule has 0 spiro atoms. The molecule has 0 saturated carbocycles. The molecule has 1 aromatic heterocycles. The summed E-state index contributed by atoms with van der Waals surface area (Å²) in [7, 11) is 1.99. The Morgan fingerprint density at radius 1 is 1.17 bits per heavy atom. The molecule has 0 amide bonds. The van der Waals surface area contributed by atoms with E-state index in [9.17, 15) is 0 Å². The van der Waals surface area contributed by atoms with Crippen molar-refractivity contribution in [3.63, 3.8) is 0 Å². The molecule has 2 nitrogen and oxygen atoms in total. The van der Waals surface area contributed by atoms with Crippen LogP contribution in [0.4, 0.5) is 0 Å². The number of rotatable bonds is 4. The molecule has 1 unspecified atom stereocenters. The van der Waals surface area contributed by atoms with Crippen LogP contribution >= 0.6 is 11.3 Å². The van der Waals surface area contributed by atoms with Gasteiger partial charge in [-0.15, -0.1) is 11.3 Å². The zero-order chi connectivity index (χ0) is 13.1. The third-order valence-electron chi connectivity index (χ3n) is 3.08. The lowest BCUT2D eigenvalue weighted by molar-refractivity contribution is 0.678. The van der Waals surface area contributed by atoms with Crippen molar-refractivity contribution in [1.29, 1.82) is 0 Å². The highest BCUT2D eigenvalue weighted by atomic mass is 32.1. The first-order chi connectivity index (χ1) is 8.61. The quantitative estimate of drug-likeness (QED) is 0.902. The minimum Gasteiger partial charge on any atom is -0.307 e. The van der Waals surface area contributed by atoms with E-state index in [4.69, 9.17) is 4.98 Å². The number of aryl methyl sites for hydroxylation is 1. The minimum absolute atomic E-state index is 0.197. The van der Waals surface area contributed by atoms with Crippen molar-refractivity contribution in [2.75, 3.05) is 7.05 Å². The Morgan fingerprint density at radius 2 is 1.83 bits per heavy atom. The zero-order valence-corrected chi connectivity index (χ0v) is 12.2. The minimum atomic E-state index is 0.197. The second kappa shape index (κ2) is 5.63. The molecule has 0 fully saturated rings. The van der Waals surface area contributed by atoms with Crippen molar-refractivity contribution in [3.05, 3.63) is 51.5 Å². The Bertz CT molecular complexity index is 499. The summed E-state index contributed by atoms with van der Waals surface area (Å²) in [5.74, 6) is 0.491. The van der Waals surface area contributed by atoms with Crippen LogP contribution in [0.1, 0.15) is 47.6 Å². The predicted molar refractivity (Wildman–Crippen MR) is 78.3 cm³/mol. The molecule has 0 saturated heterocycles. The average molecular weight is 260 g/mol. The van der Waals surface area contributed by atoms with Crippen LogP contribution in [0.25, 0.3) is 0 Å². The molecule has 18 heavy (non-hydrogen) atoms. The lowest BCUT2D eigenvalue weighted by Crippen LogP contribution is -2.17. The molecule has 1 aromatic carbocycles. The molecule has 96 valence electrons. The molecule has 1 heterocycles. The molecular weight excluding hydrogens is 240 g/mol. The van der Waals surface area contributed by atoms with Crippen molar-refractivity contribution in [2.24, 2.45) is 0 Å². The van der Waals surface area contributed by atoms with E-state index in [0.717, 1.165) is 5.01 Å². The molecule has 0 aliphatic rings. The Kier molecular flexibility index (Phi) is 4.15. The molecule has 0 aliphatic heterocycles. The maximum Gasteiger partial charge on any atom is 0.114 e. The second-order valence-electron chi connectivity index (χ2n) is 4.90. The first kappa shape index (κ1) is 13.2. The molecule has 0 aliphatic carbocycles. The van der Waals surface area contributed by atoms with E-state index in [1.807, 2.05) is 7.05 Å². The molecule has 3 heteroatoms. The van der Waals surface area contributed by atoms with Crippen LogP contribution < -0.4 is 5.32 Å². The number of hydrogen-bond donors (Lipinski definition) is 1. The topological polar surface area (TPSA) is 24.9 Å². The smallest absolute Gasteiger partial charge is 0.114 e. The lowest BCUT2D eigenvalue weighted by Gasteiger charge is -2.14. The highest BCUT2D eigenvalue weighted by Crippen LogP contribution is 2.27. The van der Waals surface area contributed by atoms with Gasteiger partial charge in [0.1, 0.15) is 5.01 Å². The first-order valence-corrected chi connectivity index (χ1v) is 7.19. The van der Waals surface area contributed by atoms with Crippen molar-refractivity contribution < 1.29 is 0 Å². The second-order valence-corrected chi connectivity index (χ2v) is 5.79. The van der Waals surface area contributed by atoms with Gasteiger partial charge in [0, 0.05) is 5.38 Å². The molecule has 0 bridgehead atoms. The molecule has 1 N–H and O–H groups in total. The Hall–Kier alpha value is -1.19. The summed E-state index contributed by atoms with van der Waals surface area (Å²) in [5, 5.41) is 6.66. The molecule has 0 radical (unpaired) electrons. The van der Waals surface area contributed by atoms with Crippen LogP contribution in [0.15, 0.2) is 29.6 Å². The van der Waals surface area contributed by atoms with Crippen LogP contribution in [-0.4, -0.2) is 12.0 Å². The van der Waals surface area contributed by atoms with Gasteiger partial charge >= 0.3 is 0 Å². The van der Waals surface area contributed by atoms with E-state index < -0.39 is 0 Å². The Balaban J connectivity index is 2.29. The van der Waals surface area contributed by atoms with Gasteiger partial charge in [0.15, 0.2) is 0 Å². The number of aromatic nitrogens is 1. The van der Waals surface area contributed by atoms with Crippen molar-refractivity contribution >= 4 is 11.3 Å². The maximum absolute atomic E-state index is 4.74. The number of hydrogen-bond acceptors (Lipinski definition) is 3. The van der Waals surface area contributed by atoms with Crippen LogP contribution in [0.5, 0.6) is 0 Å². The molecule has 2 aromatic rings. The van der Waals surface area contributed by atoms with Crippen molar-refractivity contribution in [3.8, 4) is 0 Å². The third-order valence-corrected chi connectivity index (χ3v) is 4.01. The average Bonchev–Trinajstić information content (AvgIpc) is 2.82. The summed E-state index contributed by atoms with van der Waals surface area (Å²) in [6, 6.07) is 8.84. The van der Waals surface area contributed by atoms with Crippen molar-refractivity contribution in [1.82, 2.24) is 10.3 Å². The van der Waals surface area contributed by atoms with Gasteiger partial charge in [-0.3, -0.25) is 0 Å². The van der Waals surface area contributed by atoms with Crippen LogP contribution in [0.3, 0.4) is 0 Å². The van der Waals surface area contributed by atoms with Crippen LogP contribution in [0, 0.1) is 6.92 Å². The van der Waals surface area contributed by atoms with E-state index in [-0.39, 0.29) is 6.04 Å². The normalized spacial score (nSPS) is 12.9. The Labute approximate surface area is 113 Å². The van der Waals surface area contributed by atoms with Gasteiger partial charge in [-0.25, -0.2) is 4.98 Å². The number of nitrogens with zero attached hydrogens (tertiary/aromatic N) is 1. The third kappa shape index (κ3) is 2.79. The van der Waals surface area contributed by atoms with Gasteiger partial charge < -0.3 is 5.32 Å². The number of benzene rings is 1. The van der Waals surface area contributed by atoms with Crippen molar-refractivity contribution in [2.45, 2.75) is 32.7 Å². The standard InChI is InChI=1S/C15H20N2S/c1-10(2)13-9-18-15(17-13)14(16-4)12-7-5-11(3)6-8-12/h5-10,14,16H,1-4H3. The fourth-order valence-electron chi connectivity index (χ4n) is 1.89. The van der Waals surface area contributed by atoms with Gasteiger partial charge in [0.25, 0.3) is 0 Å². The maximum atomic E-state index is 4.74. The predicted octanol–water partition coefficient (Wildman–Crippen LogP) is 3.88. The summed E-state index contributed by atoms with van der Waals surface area (Å²) in [5.41, 5.74) is 3.74. The lowest BCUT2D eigenvalue weighted by atomic mass is 10.1. The van der Waals surface area contributed by atoms with Gasteiger partial charge in [-0.05, 0) is 25.5 Å². The van der Waals surface area contributed by atoms with Gasteiger partial charge in [0.05, 0.1) is 11.7 Å². The highest BCUT2D eigenvalue weighted by molar-refractivity contribution is 7.09. The summed E-state index contributed by atoms with van der Waals surface area (Å²) in [6.07, 6.45) is 0. The molecular formula is C15H20N2S. The summed E-state index contributed by atoms with van der Waals surface area (Å²) >= 11 is 1.74. The first-order valence-electron chi connectivity index (χ1n) is 6.31. The fraction of sp³-hybridized carbons (Fsp3) is 0.400. The van der Waals surface area contributed by atoms with E-state index in [1.54, 1.807) is 11.3 Å². The van der Waals surface area contributed by atoms with E-state index in [2.05, 4.69) is 55.7 Å². The van der Waals surface area contributed by atoms with Gasteiger partial charge in [0.2, 0.25) is 0 Å². The zero-order valence-electron chi connectivity index (χ0n) is 11.4. The van der Waals surface area contributed by atoms with Gasteiger partial charge in [-0.1, -0.05) is 43.7 Å². The van der Waals surface area contributed by atoms with Crippen LogP contribution in [-0.2, 0) is 0 Å². The van der Waals surface area contributed by atoms with E-state index in [1.165, 1.54) is 16.8 Å². The summed E-state index contributed by atoms with van der Waals surface area (Å²) in [6.45, 7) is 6.47. The number of thiazole rings is 1. The van der Waals surface area contributed by atoms with E-state index >= 15 is 0 Å². The largest absolute Gasteiger partial charge is 0.307 e. The molecule has 1 atom stereocenters. The fourth-order valence-corrected chi connectivity index (χ4v) is 3.00. The monoisotopic (exact) mass is 260 g/mol. The Morgan fingerprint density at radius 3 is 2.33 bits per heavy atom. The van der Waals surface area contributed by atoms with E-state index in [0.29, 0.717) is 5.92 Å². The SMILES string of the molecule is CNC(c1ccc(C)cc1)c1nc(C(C)C)cs1. The number of nitrogens with one attached hydrogen (secondary N) is 1. The highest BCUT2D eigenvalue weighted by Gasteiger charge is 2.16. The summed E-state index contributed by atoms with van der Waals surface area (Å²) < 4.78 is 0. The van der Waals surface area contributed by atoms with Gasteiger partial charge in [-0.2, -0.15) is 0 Å². The molecule has 2 rings (SSSR count). The van der Waals surface area contributed by atoms with Crippen LogP contribution in [0.2, 0.25) is 0 Å².